The summed E-state index contributed by atoms with van der Waals surface area (Å²) in [5, 5.41) is 0. The first-order valence-electron chi connectivity index (χ1n) is 7.98. The van der Waals surface area contributed by atoms with E-state index in [1.54, 1.807) is 0 Å². The second-order valence-electron chi connectivity index (χ2n) is 6.36. The molecule has 0 bridgehead atoms. The van der Waals surface area contributed by atoms with Crippen LogP contribution >= 0.6 is 0 Å². The first-order valence-corrected chi connectivity index (χ1v) is 7.98. The molecule has 0 spiro atoms. The van der Waals surface area contributed by atoms with Gasteiger partial charge < -0.3 is 4.90 Å². The zero-order valence-electron chi connectivity index (χ0n) is 12.0. The summed E-state index contributed by atoms with van der Waals surface area (Å²) in [5.41, 5.74) is 2.63. The molecule has 0 aromatic rings. The Morgan fingerprint density at radius 1 is 0.900 bits per heavy atom. The van der Waals surface area contributed by atoms with Crippen LogP contribution in [0.1, 0.15) is 51.4 Å². The number of carbonyl (C=O) groups is 2. The minimum atomic E-state index is -0.00424. The molecule has 3 rings (SSSR count). The highest BCUT2D eigenvalue weighted by Gasteiger charge is 2.36. The molecule has 112 valence electrons. The molecule has 2 aliphatic carbocycles. The summed E-state index contributed by atoms with van der Waals surface area (Å²) < 4.78 is 0. The summed E-state index contributed by atoms with van der Waals surface area (Å²) in [5.74, 6) is 0.576. The molecule has 1 saturated heterocycles. The fourth-order valence-corrected chi connectivity index (χ4v) is 3.18. The lowest BCUT2D eigenvalue weighted by Gasteiger charge is -2.31. The number of likely N-dealkylation sites (tertiary alicyclic amines) is 1. The van der Waals surface area contributed by atoms with Gasteiger partial charge in [0.2, 0.25) is 11.8 Å². The van der Waals surface area contributed by atoms with Gasteiger partial charge in [-0.25, -0.2) is 5.48 Å². The molecule has 2 saturated carbocycles. The highest BCUT2D eigenvalue weighted by molar-refractivity contribution is 5.82. The second kappa shape index (κ2) is 6.12. The number of nitrogens with one attached hydrogen (secondary N) is 1. The van der Waals surface area contributed by atoms with Crippen molar-refractivity contribution in [2.75, 3.05) is 13.1 Å². The topological polar surface area (TPSA) is 58.6 Å². The van der Waals surface area contributed by atoms with Gasteiger partial charge in [0, 0.05) is 24.9 Å². The van der Waals surface area contributed by atoms with Gasteiger partial charge in [0.1, 0.15) is 0 Å². The van der Waals surface area contributed by atoms with E-state index >= 15 is 0 Å². The largest absolute Gasteiger partial charge is 0.342 e. The number of rotatable bonds is 4. The van der Waals surface area contributed by atoms with Gasteiger partial charge in [0.05, 0.1) is 6.10 Å². The molecule has 0 unspecified atom stereocenters. The summed E-state index contributed by atoms with van der Waals surface area (Å²) in [6, 6.07) is 0. The van der Waals surface area contributed by atoms with E-state index in [1.165, 1.54) is 12.8 Å². The van der Waals surface area contributed by atoms with Crippen molar-refractivity contribution < 1.29 is 14.4 Å². The Kier molecular flexibility index (Phi) is 4.24. The second-order valence-corrected chi connectivity index (χ2v) is 6.36. The minimum absolute atomic E-state index is 0.000318. The average Bonchev–Trinajstić information content (AvgIpc) is 3.21. The predicted molar refractivity (Wildman–Crippen MR) is 73.5 cm³/mol. The number of hydrogen-bond donors (Lipinski definition) is 1. The van der Waals surface area contributed by atoms with E-state index in [-0.39, 0.29) is 23.8 Å². The molecule has 5 nitrogen and oxygen atoms in total. The number of nitrogens with zero attached hydrogens (tertiary/aromatic N) is 1. The summed E-state index contributed by atoms with van der Waals surface area (Å²) >= 11 is 0. The molecule has 1 N–H and O–H groups in total. The summed E-state index contributed by atoms with van der Waals surface area (Å²) in [6.07, 6.45) is 8.32. The van der Waals surface area contributed by atoms with Crippen molar-refractivity contribution in [3.8, 4) is 0 Å². The van der Waals surface area contributed by atoms with Gasteiger partial charge in [-0.2, -0.15) is 0 Å². The Hall–Kier alpha value is -1.10. The molecule has 0 atom stereocenters. The molecule has 0 aromatic carbocycles. The van der Waals surface area contributed by atoms with Crippen LogP contribution in [0, 0.1) is 11.8 Å². The maximum Gasteiger partial charge on any atom is 0.246 e. The Morgan fingerprint density at radius 2 is 1.55 bits per heavy atom. The van der Waals surface area contributed by atoms with E-state index < -0.39 is 0 Å². The molecular formula is C15H24N2O3. The SMILES string of the molecule is O=C(NOC1CCCC1)C1CCN(C(=O)C2CC2)CC1. The summed E-state index contributed by atoms with van der Waals surface area (Å²) in [7, 11) is 0. The first-order chi connectivity index (χ1) is 9.74. The van der Waals surface area contributed by atoms with Gasteiger partial charge in [-0.1, -0.05) is 12.8 Å². The van der Waals surface area contributed by atoms with Crippen LogP contribution in [-0.4, -0.2) is 35.9 Å². The van der Waals surface area contributed by atoms with E-state index in [2.05, 4.69) is 5.48 Å². The maximum atomic E-state index is 12.0. The standard InChI is InChI=1S/C15H24N2O3/c18-14(16-20-13-3-1-2-4-13)11-7-9-17(10-8-11)15(19)12-5-6-12/h11-13H,1-10H2,(H,16,18). The lowest BCUT2D eigenvalue weighted by molar-refractivity contribution is -0.146. The number of carbonyl (C=O) groups excluding carboxylic acids is 2. The highest BCUT2D eigenvalue weighted by Crippen LogP contribution is 2.32. The van der Waals surface area contributed by atoms with Crippen LogP contribution in [0.25, 0.3) is 0 Å². The summed E-state index contributed by atoms with van der Waals surface area (Å²) in [4.78, 5) is 31.4. The lowest BCUT2D eigenvalue weighted by Crippen LogP contribution is -2.44. The minimum Gasteiger partial charge on any atom is -0.342 e. The summed E-state index contributed by atoms with van der Waals surface area (Å²) in [6.45, 7) is 1.44. The van der Waals surface area contributed by atoms with Crippen molar-refractivity contribution in [2.45, 2.75) is 57.5 Å². The third kappa shape index (κ3) is 3.32. The zero-order chi connectivity index (χ0) is 13.9. The maximum absolute atomic E-state index is 12.0. The molecule has 5 heteroatoms. The van der Waals surface area contributed by atoms with E-state index in [4.69, 9.17) is 4.84 Å². The molecule has 1 heterocycles. The van der Waals surface area contributed by atoms with Crippen molar-refractivity contribution in [1.29, 1.82) is 0 Å². The van der Waals surface area contributed by atoms with Gasteiger partial charge in [-0.05, 0) is 38.5 Å². The number of hydroxylamine groups is 1. The molecule has 20 heavy (non-hydrogen) atoms. The zero-order valence-corrected chi connectivity index (χ0v) is 12.0. The van der Waals surface area contributed by atoms with Crippen LogP contribution in [0.3, 0.4) is 0 Å². The van der Waals surface area contributed by atoms with Gasteiger partial charge >= 0.3 is 0 Å². The van der Waals surface area contributed by atoms with E-state index in [0.29, 0.717) is 5.91 Å². The molecular weight excluding hydrogens is 256 g/mol. The van der Waals surface area contributed by atoms with Crippen molar-refractivity contribution >= 4 is 11.8 Å². The third-order valence-corrected chi connectivity index (χ3v) is 4.73. The quantitative estimate of drug-likeness (QED) is 0.796. The van der Waals surface area contributed by atoms with Crippen LogP contribution in [-0.2, 0) is 14.4 Å². The Morgan fingerprint density at radius 3 is 2.15 bits per heavy atom. The highest BCUT2D eigenvalue weighted by atomic mass is 16.7. The van der Waals surface area contributed by atoms with E-state index in [0.717, 1.165) is 51.6 Å². The predicted octanol–water partition coefficient (Wildman–Crippen LogP) is 1.63. The Balaban J connectivity index is 1.38. The smallest absolute Gasteiger partial charge is 0.246 e. The Labute approximate surface area is 120 Å². The molecule has 3 fully saturated rings. The first kappa shape index (κ1) is 13.9. The van der Waals surface area contributed by atoms with E-state index in [9.17, 15) is 9.59 Å². The molecule has 2 amide bonds. The molecule has 0 aromatic heterocycles. The fraction of sp³-hybridized carbons (Fsp3) is 0.867. The van der Waals surface area contributed by atoms with Crippen molar-refractivity contribution in [3.63, 3.8) is 0 Å². The Bertz CT molecular complexity index is 367. The normalized spacial score (nSPS) is 24.9. The number of piperidine rings is 1. The molecule has 3 aliphatic rings. The monoisotopic (exact) mass is 280 g/mol. The fourth-order valence-electron chi connectivity index (χ4n) is 3.18. The molecule has 0 radical (unpaired) electrons. The average molecular weight is 280 g/mol. The lowest BCUT2D eigenvalue weighted by atomic mass is 9.96. The van der Waals surface area contributed by atoms with Crippen LogP contribution in [0.5, 0.6) is 0 Å². The van der Waals surface area contributed by atoms with Crippen LogP contribution in [0.2, 0.25) is 0 Å². The van der Waals surface area contributed by atoms with Crippen molar-refractivity contribution in [2.24, 2.45) is 11.8 Å². The molecule has 1 aliphatic heterocycles. The van der Waals surface area contributed by atoms with Gasteiger partial charge in [0.25, 0.3) is 0 Å². The van der Waals surface area contributed by atoms with Crippen molar-refractivity contribution in [1.82, 2.24) is 10.4 Å². The van der Waals surface area contributed by atoms with Gasteiger partial charge in [-0.15, -0.1) is 0 Å². The van der Waals surface area contributed by atoms with Crippen molar-refractivity contribution in [3.05, 3.63) is 0 Å². The van der Waals surface area contributed by atoms with Gasteiger partial charge in [0.15, 0.2) is 0 Å². The number of amides is 2. The number of hydrogen-bond acceptors (Lipinski definition) is 3. The van der Waals surface area contributed by atoms with Crippen LogP contribution in [0.15, 0.2) is 0 Å². The van der Waals surface area contributed by atoms with E-state index in [1.807, 2.05) is 4.90 Å². The van der Waals surface area contributed by atoms with Crippen LogP contribution < -0.4 is 5.48 Å². The van der Waals surface area contributed by atoms with Gasteiger partial charge in [-0.3, -0.25) is 14.4 Å². The third-order valence-electron chi connectivity index (χ3n) is 4.73. The van der Waals surface area contributed by atoms with Crippen LogP contribution in [0.4, 0.5) is 0 Å².